The number of piperidine rings is 1. The summed E-state index contributed by atoms with van der Waals surface area (Å²) in [6, 6.07) is 0.908. The van der Waals surface area contributed by atoms with E-state index in [1.807, 2.05) is 6.92 Å². The average molecular weight is 227 g/mol. The normalized spacial score (nSPS) is 26.1. The number of carbonyl (C=O) groups excluding carboxylic acids is 1. The topological polar surface area (TPSA) is 58.4 Å². The van der Waals surface area contributed by atoms with E-state index in [1.54, 1.807) is 0 Å². The molecule has 3 N–H and O–H groups in total. The lowest BCUT2D eigenvalue weighted by Crippen LogP contribution is -2.51. The van der Waals surface area contributed by atoms with Crippen molar-refractivity contribution in [3.8, 4) is 0 Å². The van der Waals surface area contributed by atoms with Crippen molar-refractivity contribution in [1.82, 2.24) is 10.3 Å². The van der Waals surface area contributed by atoms with Crippen molar-refractivity contribution in [2.75, 3.05) is 6.54 Å². The lowest BCUT2D eigenvalue weighted by Gasteiger charge is -2.41. The van der Waals surface area contributed by atoms with Crippen molar-refractivity contribution in [3.63, 3.8) is 0 Å². The Balaban J connectivity index is 2.62. The number of carbonyl (C=O) groups is 1. The van der Waals surface area contributed by atoms with Crippen LogP contribution in [-0.4, -0.2) is 29.4 Å². The summed E-state index contributed by atoms with van der Waals surface area (Å²) in [4.78, 5) is 14.0. The third kappa shape index (κ3) is 2.95. The molecule has 16 heavy (non-hydrogen) atoms. The van der Waals surface area contributed by atoms with Gasteiger partial charge in [0.05, 0.1) is 5.92 Å². The van der Waals surface area contributed by atoms with Gasteiger partial charge in [0.2, 0.25) is 5.91 Å². The fourth-order valence-corrected chi connectivity index (χ4v) is 2.64. The van der Waals surface area contributed by atoms with E-state index in [-0.39, 0.29) is 17.9 Å². The lowest BCUT2D eigenvalue weighted by molar-refractivity contribution is -0.127. The van der Waals surface area contributed by atoms with Gasteiger partial charge in [0.1, 0.15) is 0 Å². The molecule has 94 valence electrons. The van der Waals surface area contributed by atoms with Gasteiger partial charge in [-0.25, -0.2) is 5.84 Å². The summed E-state index contributed by atoms with van der Waals surface area (Å²) in [5.41, 5.74) is 2.25. The molecule has 1 aliphatic rings. The minimum absolute atomic E-state index is 0.0443. The van der Waals surface area contributed by atoms with E-state index in [2.05, 4.69) is 24.2 Å². The van der Waals surface area contributed by atoms with Crippen LogP contribution in [0.4, 0.5) is 0 Å². The number of nitrogens with two attached hydrogens (primary N) is 1. The van der Waals surface area contributed by atoms with Crippen molar-refractivity contribution in [3.05, 3.63) is 0 Å². The van der Waals surface area contributed by atoms with Gasteiger partial charge in [0.15, 0.2) is 0 Å². The van der Waals surface area contributed by atoms with E-state index in [9.17, 15) is 4.79 Å². The second-order valence-corrected chi connectivity index (χ2v) is 4.83. The highest BCUT2D eigenvalue weighted by Crippen LogP contribution is 2.24. The van der Waals surface area contributed by atoms with Gasteiger partial charge in [-0.1, -0.05) is 20.3 Å². The molecule has 0 spiro atoms. The van der Waals surface area contributed by atoms with Crippen molar-refractivity contribution in [2.45, 2.75) is 58.5 Å². The fourth-order valence-electron chi connectivity index (χ4n) is 2.64. The highest BCUT2D eigenvalue weighted by molar-refractivity contribution is 5.78. The van der Waals surface area contributed by atoms with Gasteiger partial charge in [-0.05, 0) is 32.7 Å². The highest BCUT2D eigenvalue weighted by Gasteiger charge is 2.30. The summed E-state index contributed by atoms with van der Waals surface area (Å²) >= 11 is 0. The monoisotopic (exact) mass is 227 g/mol. The van der Waals surface area contributed by atoms with E-state index < -0.39 is 0 Å². The first-order valence-electron chi connectivity index (χ1n) is 6.38. The molecule has 3 atom stereocenters. The van der Waals surface area contributed by atoms with Gasteiger partial charge >= 0.3 is 0 Å². The first-order valence-corrected chi connectivity index (χ1v) is 6.38. The smallest absolute Gasteiger partial charge is 0.238 e. The molecule has 0 aromatic carbocycles. The molecule has 1 heterocycles. The number of hydrazine groups is 1. The van der Waals surface area contributed by atoms with Crippen molar-refractivity contribution in [1.29, 1.82) is 0 Å². The van der Waals surface area contributed by atoms with Crippen LogP contribution in [-0.2, 0) is 4.79 Å². The molecule has 0 saturated carbocycles. The quantitative estimate of drug-likeness (QED) is 0.432. The highest BCUT2D eigenvalue weighted by atomic mass is 16.2. The maximum Gasteiger partial charge on any atom is 0.238 e. The van der Waals surface area contributed by atoms with Crippen LogP contribution < -0.4 is 11.3 Å². The molecular weight excluding hydrogens is 202 g/mol. The predicted octanol–water partition coefficient (Wildman–Crippen LogP) is 1.27. The molecule has 0 aliphatic carbocycles. The Morgan fingerprint density at radius 1 is 1.50 bits per heavy atom. The first kappa shape index (κ1) is 13.5. The molecule has 1 saturated heterocycles. The third-order valence-electron chi connectivity index (χ3n) is 3.95. The molecule has 0 bridgehead atoms. The van der Waals surface area contributed by atoms with Crippen LogP contribution in [0, 0.1) is 5.92 Å². The maximum absolute atomic E-state index is 11.5. The number of amides is 1. The van der Waals surface area contributed by atoms with Crippen molar-refractivity contribution >= 4 is 5.91 Å². The number of nitrogens with zero attached hydrogens (tertiary/aromatic N) is 1. The van der Waals surface area contributed by atoms with E-state index in [4.69, 9.17) is 5.84 Å². The van der Waals surface area contributed by atoms with Crippen LogP contribution in [0.15, 0.2) is 0 Å². The number of hydrogen-bond acceptors (Lipinski definition) is 3. The number of nitrogens with one attached hydrogen (secondary N) is 1. The standard InChI is InChI=1S/C12H25N3O/c1-4-11-7-5-6-8-15(11)10(3)9(2)12(16)14-13/h9-11H,4-8,13H2,1-3H3,(H,14,16). The van der Waals surface area contributed by atoms with Gasteiger partial charge in [-0.2, -0.15) is 0 Å². The van der Waals surface area contributed by atoms with Crippen LogP contribution >= 0.6 is 0 Å². The number of likely N-dealkylation sites (tertiary alicyclic amines) is 1. The van der Waals surface area contributed by atoms with Crippen LogP contribution in [0.3, 0.4) is 0 Å². The largest absolute Gasteiger partial charge is 0.297 e. The number of rotatable bonds is 4. The Morgan fingerprint density at radius 3 is 2.75 bits per heavy atom. The fraction of sp³-hybridized carbons (Fsp3) is 0.917. The average Bonchev–Trinajstić information content (AvgIpc) is 2.35. The zero-order chi connectivity index (χ0) is 12.1. The van der Waals surface area contributed by atoms with Gasteiger partial charge in [-0.15, -0.1) is 0 Å². The van der Waals surface area contributed by atoms with Crippen LogP contribution in [0.5, 0.6) is 0 Å². The Labute approximate surface area is 98.5 Å². The van der Waals surface area contributed by atoms with Crippen LogP contribution in [0.25, 0.3) is 0 Å². The van der Waals surface area contributed by atoms with E-state index >= 15 is 0 Å². The second-order valence-electron chi connectivity index (χ2n) is 4.83. The van der Waals surface area contributed by atoms with E-state index in [1.165, 1.54) is 25.7 Å². The molecule has 1 fully saturated rings. The summed E-state index contributed by atoms with van der Waals surface area (Å²) in [5, 5.41) is 0. The van der Waals surface area contributed by atoms with E-state index in [0.29, 0.717) is 6.04 Å². The Bertz CT molecular complexity index is 232. The summed E-state index contributed by atoms with van der Waals surface area (Å²) in [7, 11) is 0. The van der Waals surface area contributed by atoms with Crippen molar-refractivity contribution in [2.24, 2.45) is 11.8 Å². The Kier molecular flexibility index (Phi) is 5.22. The molecular formula is C12H25N3O. The molecule has 0 aromatic rings. The third-order valence-corrected chi connectivity index (χ3v) is 3.95. The second kappa shape index (κ2) is 6.21. The zero-order valence-electron chi connectivity index (χ0n) is 10.7. The first-order chi connectivity index (χ1) is 7.61. The van der Waals surface area contributed by atoms with Gasteiger partial charge in [-0.3, -0.25) is 15.1 Å². The summed E-state index contributed by atoms with van der Waals surface area (Å²) in [6.45, 7) is 7.42. The zero-order valence-corrected chi connectivity index (χ0v) is 10.7. The minimum Gasteiger partial charge on any atom is -0.297 e. The molecule has 1 rings (SSSR count). The molecule has 1 amide bonds. The predicted molar refractivity (Wildman–Crippen MR) is 65.6 cm³/mol. The summed E-state index contributed by atoms with van der Waals surface area (Å²) in [5.74, 6) is 5.08. The van der Waals surface area contributed by atoms with Gasteiger partial charge in [0, 0.05) is 12.1 Å². The Morgan fingerprint density at radius 2 is 2.19 bits per heavy atom. The minimum atomic E-state index is -0.0621. The summed E-state index contributed by atoms with van der Waals surface area (Å²) in [6.07, 6.45) is 5.00. The van der Waals surface area contributed by atoms with Gasteiger partial charge < -0.3 is 0 Å². The van der Waals surface area contributed by atoms with E-state index in [0.717, 1.165) is 6.54 Å². The van der Waals surface area contributed by atoms with Crippen molar-refractivity contribution < 1.29 is 4.79 Å². The molecule has 3 unspecified atom stereocenters. The van der Waals surface area contributed by atoms with Gasteiger partial charge in [0.25, 0.3) is 0 Å². The SMILES string of the molecule is CCC1CCCCN1C(C)C(C)C(=O)NN. The molecule has 4 heteroatoms. The molecule has 4 nitrogen and oxygen atoms in total. The molecule has 0 radical (unpaired) electrons. The van der Waals surface area contributed by atoms with Crippen LogP contribution in [0.2, 0.25) is 0 Å². The Hall–Kier alpha value is -0.610. The van der Waals surface area contributed by atoms with Crippen LogP contribution in [0.1, 0.15) is 46.5 Å². The number of hydrogen-bond donors (Lipinski definition) is 2. The lowest BCUT2D eigenvalue weighted by atomic mass is 9.93. The molecule has 0 aromatic heterocycles. The molecule has 1 aliphatic heterocycles. The maximum atomic E-state index is 11.5. The summed E-state index contributed by atoms with van der Waals surface area (Å²) < 4.78 is 0.